The smallest absolute Gasteiger partial charge is 0.241 e. The van der Waals surface area contributed by atoms with Crippen LogP contribution in [0.3, 0.4) is 0 Å². The molecule has 2 rings (SSSR count). The molecule has 0 radical (unpaired) electrons. The zero-order chi connectivity index (χ0) is 14.1. The summed E-state index contributed by atoms with van der Waals surface area (Å²) in [7, 11) is 1.69. The van der Waals surface area contributed by atoms with Gasteiger partial charge in [0.15, 0.2) is 0 Å². The Bertz CT molecular complexity index is 346. The van der Waals surface area contributed by atoms with Gasteiger partial charge in [-0.2, -0.15) is 0 Å². The minimum Gasteiger partial charge on any atom is -0.385 e. The molecule has 1 amide bonds. The largest absolute Gasteiger partial charge is 0.385 e. The third kappa shape index (κ3) is 2.18. The van der Waals surface area contributed by atoms with Gasteiger partial charge in [-0.05, 0) is 19.3 Å². The van der Waals surface area contributed by atoms with Gasteiger partial charge >= 0.3 is 0 Å². The molecule has 5 nitrogen and oxygen atoms in total. The van der Waals surface area contributed by atoms with E-state index < -0.39 is 5.54 Å². The number of amides is 1. The number of ether oxygens (including phenoxy) is 2. The molecule has 0 aromatic carbocycles. The Hall–Kier alpha value is -0.650. The molecular formula is C14H26N2O3. The summed E-state index contributed by atoms with van der Waals surface area (Å²) in [5.74, 6) is 0.142. The van der Waals surface area contributed by atoms with Gasteiger partial charge in [0.25, 0.3) is 0 Å². The standard InChI is InChI=1S/C14H26N2O3/c1-13(2)11-10(6-9-19-11)14(13,15)12(17)16-7-4-5-8-18-3/h10-11H,4-9,15H2,1-3H3,(H,16,17). The van der Waals surface area contributed by atoms with Crippen LogP contribution in [0.1, 0.15) is 33.1 Å². The van der Waals surface area contributed by atoms with Gasteiger partial charge in [-0.1, -0.05) is 13.8 Å². The Morgan fingerprint density at radius 2 is 2.21 bits per heavy atom. The lowest BCUT2D eigenvalue weighted by molar-refractivity contribution is -0.175. The molecule has 0 aromatic rings. The molecule has 0 bridgehead atoms. The van der Waals surface area contributed by atoms with Crippen molar-refractivity contribution in [2.45, 2.75) is 44.8 Å². The third-order valence-corrected chi connectivity index (χ3v) is 4.89. The van der Waals surface area contributed by atoms with Crippen LogP contribution in [0.15, 0.2) is 0 Å². The maximum atomic E-state index is 12.4. The maximum absolute atomic E-state index is 12.4. The van der Waals surface area contributed by atoms with E-state index in [0.29, 0.717) is 6.54 Å². The number of methoxy groups -OCH3 is 1. The van der Waals surface area contributed by atoms with Crippen molar-refractivity contribution in [2.24, 2.45) is 17.1 Å². The fourth-order valence-electron chi connectivity index (χ4n) is 3.56. The number of hydrogen-bond donors (Lipinski definition) is 2. The molecule has 19 heavy (non-hydrogen) atoms. The van der Waals surface area contributed by atoms with E-state index in [0.717, 1.165) is 32.5 Å². The first-order valence-corrected chi connectivity index (χ1v) is 7.14. The number of nitrogens with two attached hydrogens (primary N) is 1. The number of nitrogens with one attached hydrogen (secondary N) is 1. The lowest BCUT2D eigenvalue weighted by Gasteiger charge is -2.60. The number of rotatable bonds is 6. The summed E-state index contributed by atoms with van der Waals surface area (Å²) in [6.07, 6.45) is 2.90. The molecular weight excluding hydrogens is 244 g/mol. The Morgan fingerprint density at radius 1 is 1.47 bits per heavy atom. The van der Waals surface area contributed by atoms with Crippen molar-refractivity contribution in [1.82, 2.24) is 5.32 Å². The van der Waals surface area contributed by atoms with Crippen LogP contribution >= 0.6 is 0 Å². The monoisotopic (exact) mass is 270 g/mol. The van der Waals surface area contributed by atoms with Gasteiger partial charge in [-0.3, -0.25) is 4.79 Å². The molecule has 5 heteroatoms. The second-order valence-corrected chi connectivity index (χ2v) is 6.23. The minimum atomic E-state index is -0.782. The van der Waals surface area contributed by atoms with E-state index in [9.17, 15) is 4.79 Å². The molecule has 1 saturated heterocycles. The Labute approximate surface area is 115 Å². The summed E-state index contributed by atoms with van der Waals surface area (Å²) >= 11 is 0. The van der Waals surface area contributed by atoms with Gasteiger partial charge in [0.1, 0.15) is 5.54 Å². The lowest BCUT2D eigenvalue weighted by atomic mass is 9.48. The predicted molar refractivity (Wildman–Crippen MR) is 72.7 cm³/mol. The van der Waals surface area contributed by atoms with E-state index in [1.54, 1.807) is 7.11 Å². The molecule has 1 heterocycles. The van der Waals surface area contributed by atoms with Crippen LogP contribution in [0.25, 0.3) is 0 Å². The number of hydrogen-bond acceptors (Lipinski definition) is 4. The second-order valence-electron chi connectivity index (χ2n) is 6.23. The lowest BCUT2D eigenvalue weighted by Crippen LogP contribution is -2.80. The molecule has 2 fully saturated rings. The van der Waals surface area contributed by atoms with Crippen molar-refractivity contribution in [3.05, 3.63) is 0 Å². The van der Waals surface area contributed by atoms with Crippen LogP contribution in [-0.2, 0) is 14.3 Å². The van der Waals surface area contributed by atoms with Gasteiger partial charge in [0.2, 0.25) is 5.91 Å². The molecule has 3 unspecified atom stereocenters. The first-order valence-electron chi connectivity index (χ1n) is 7.14. The SMILES string of the molecule is COCCCCNC(=O)C1(N)C2CCOC2C1(C)C. The molecule has 1 aliphatic carbocycles. The number of carbonyl (C=O) groups excluding carboxylic acids is 1. The number of carbonyl (C=O) groups is 1. The Morgan fingerprint density at radius 3 is 2.89 bits per heavy atom. The molecule has 3 atom stereocenters. The summed E-state index contributed by atoms with van der Waals surface area (Å²) in [6, 6.07) is 0. The summed E-state index contributed by atoms with van der Waals surface area (Å²) in [4.78, 5) is 12.4. The van der Waals surface area contributed by atoms with Crippen LogP contribution in [-0.4, -0.2) is 44.4 Å². The number of unbranched alkanes of at least 4 members (excludes halogenated alkanes) is 1. The topological polar surface area (TPSA) is 73.6 Å². The zero-order valence-corrected chi connectivity index (χ0v) is 12.2. The van der Waals surface area contributed by atoms with Crippen LogP contribution < -0.4 is 11.1 Å². The highest BCUT2D eigenvalue weighted by Crippen LogP contribution is 2.58. The Kier molecular flexibility index (Phi) is 4.18. The van der Waals surface area contributed by atoms with Gasteiger partial charge in [-0.25, -0.2) is 0 Å². The highest BCUT2D eigenvalue weighted by molar-refractivity contribution is 5.89. The first-order chi connectivity index (χ1) is 8.96. The zero-order valence-electron chi connectivity index (χ0n) is 12.2. The normalized spacial score (nSPS) is 35.6. The van der Waals surface area contributed by atoms with E-state index in [2.05, 4.69) is 5.32 Å². The van der Waals surface area contributed by atoms with E-state index in [4.69, 9.17) is 15.2 Å². The van der Waals surface area contributed by atoms with Gasteiger partial charge < -0.3 is 20.5 Å². The molecule has 0 spiro atoms. The van der Waals surface area contributed by atoms with Crippen molar-refractivity contribution in [3.8, 4) is 0 Å². The van der Waals surface area contributed by atoms with E-state index in [1.165, 1.54) is 0 Å². The summed E-state index contributed by atoms with van der Waals surface area (Å²) in [5, 5.41) is 2.98. The molecule has 0 aromatic heterocycles. The van der Waals surface area contributed by atoms with Crippen LogP contribution in [0.5, 0.6) is 0 Å². The fourth-order valence-corrected chi connectivity index (χ4v) is 3.56. The van der Waals surface area contributed by atoms with E-state index in [1.807, 2.05) is 13.8 Å². The minimum absolute atomic E-state index is 0.0262. The molecule has 110 valence electrons. The van der Waals surface area contributed by atoms with Crippen LogP contribution in [0, 0.1) is 11.3 Å². The second kappa shape index (κ2) is 5.38. The van der Waals surface area contributed by atoms with Crippen molar-refractivity contribution in [3.63, 3.8) is 0 Å². The van der Waals surface area contributed by atoms with Crippen molar-refractivity contribution in [2.75, 3.05) is 26.9 Å². The summed E-state index contributed by atoms with van der Waals surface area (Å²) < 4.78 is 10.7. The van der Waals surface area contributed by atoms with Crippen molar-refractivity contribution in [1.29, 1.82) is 0 Å². The third-order valence-electron chi connectivity index (χ3n) is 4.89. The van der Waals surface area contributed by atoms with E-state index in [-0.39, 0.29) is 23.3 Å². The van der Waals surface area contributed by atoms with Gasteiger partial charge in [0, 0.05) is 38.2 Å². The van der Waals surface area contributed by atoms with Crippen LogP contribution in [0.4, 0.5) is 0 Å². The van der Waals surface area contributed by atoms with E-state index >= 15 is 0 Å². The molecule has 1 aliphatic heterocycles. The predicted octanol–water partition coefficient (Wildman–Crippen LogP) is 0.672. The first kappa shape index (κ1) is 14.8. The van der Waals surface area contributed by atoms with Gasteiger partial charge in [0.05, 0.1) is 6.10 Å². The average molecular weight is 270 g/mol. The Balaban J connectivity index is 1.87. The highest BCUT2D eigenvalue weighted by atomic mass is 16.5. The maximum Gasteiger partial charge on any atom is 0.241 e. The average Bonchev–Trinajstić information content (AvgIpc) is 2.85. The fraction of sp³-hybridized carbons (Fsp3) is 0.929. The molecule has 2 aliphatic rings. The van der Waals surface area contributed by atoms with Crippen LogP contribution in [0.2, 0.25) is 0 Å². The van der Waals surface area contributed by atoms with Crippen molar-refractivity contribution >= 4 is 5.91 Å². The summed E-state index contributed by atoms with van der Waals surface area (Å²) in [5.41, 5.74) is 5.36. The highest BCUT2D eigenvalue weighted by Gasteiger charge is 2.71. The van der Waals surface area contributed by atoms with Crippen molar-refractivity contribution < 1.29 is 14.3 Å². The molecule has 3 N–H and O–H groups in total. The summed E-state index contributed by atoms with van der Waals surface area (Å²) in [6.45, 7) is 6.18. The molecule has 1 saturated carbocycles. The van der Waals surface area contributed by atoms with Gasteiger partial charge in [-0.15, -0.1) is 0 Å². The number of fused-ring (bicyclic) bond motifs is 1. The quantitative estimate of drug-likeness (QED) is 0.696.